The van der Waals surface area contributed by atoms with Gasteiger partial charge in [-0.25, -0.2) is 4.79 Å². The molecule has 0 radical (unpaired) electrons. The van der Waals surface area contributed by atoms with E-state index in [1.807, 2.05) is 0 Å². The first-order valence-electron chi connectivity index (χ1n) is 6.07. The van der Waals surface area contributed by atoms with Crippen molar-refractivity contribution in [3.63, 3.8) is 0 Å². The van der Waals surface area contributed by atoms with Gasteiger partial charge in [0, 0.05) is 12.1 Å². The largest absolute Gasteiger partial charge is 0.481 e. The van der Waals surface area contributed by atoms with E-state index in [1.54, 1.807) is 6.92 Å². The van der Waals surface area contributed by atoms with E-state index in [2.05, 4.69) is 24.5 Å². The van der Waals surface area contributed by atoms with Crippen LogP contribution in [0.5, 0.6) is 0 Å². The zero-order valence-electron chi connectivity index (χ0n) is 10.7. The molecule has 0 spiro atoms. The van der Waals surface area contributed by atoms with E-state index in [9.17, 15) is 9.59 Å². The first-order chi connectivity index (χ1) is 7.78. The average molecular weight is 242 g/mol. The molecule has 1 rings (SSSR count). The third-order valence-electron chi connectivity index (χ3n) is 3.16. The van der Waals surface area contributed by atoms with Crippen LogP contribution in [0.3, 0.4) is 0 Å². The topological polar surface area (TPSA) is 78.4 Å². The Bertz CT molecular complexity index is 302. The van der Waals surface area contributed by atoms with Gasteiger partial charge >= 0.3 is 12.0 Å². The lowest BCUT2D eigenvalue weighted by Gasteiger charge is -2.19. The summed E-state index contributed by atoms with van der Waals surface area (Å²) in [6.07, 6.45) is 3.04. The molecule has 5 nitrogen and oxygen atoms in total. The zero-order valence-corrected chi connectivity index (χ0v) is 10.7. The van der Waals surface area contributed by atoms with E-state index in [4.69, 9.17) is 5.11 Å². The summed E-state index contributed by atoms with van der Waals surface area (Å²) in [5.74, 6) is -0.903. The fourth-order valence-electron chi connectivity index (χ4n) is 2.32. The molecule has 1 fully saturated rings. The van der Waals surface area contributed by atoms with Crippen molar-refractivity contribution in [2.75, 3.05) is 0 Å². The second-order valence-electron chi connectivity index (χ2n) is 5.72. The van der Waals surface area contributed by atoms with Crippen LogP contribution in [0.25, 0.3) is 0 Å². The molecule has 0 saturated heterocycles. The summed E-state index contributed by atoms with van der Waals surface area (Å²) >= 11 is 0. The molecule has 0 aromatic heterocycles. The monoisotopic (exact) mass is 242 g/mol. The predicted octanol–water partition coefficient (Wildman–Crippen LogP) is 1.73. The predicted molar refractivity (Wildman–Crippen MR) is 64.8 cm³/mol. The average Bonchev–Trinajstić information content (AvgIpc) is 2.42. The number of carbonyl (C=O) groups excluding carboxylic acids is 1. The van der Waals surface area contributed by atoms with Gasteiger partial charge in [0.2, 0.25) is 0 Å². The first kappa shape index (κ1) is 13.8. The van der Waals surface area contributed by atoms with Gasteiger partial charge in [-0.15, -0.1) is 0 Å². The van der Waals surface area contributed by atoms with E-state index in [0.717, 1.165) is 19.3 Å². The summed E-state index contributed by atoms with van der Waals surface area (Å²) in [6.45, 7) is 6.07. The number of hydrogen-bond acceptors (Lipinski definition) is 2. The normalized spacial score (nSPS) is 24.1. The Balaban J connectivity index is 2.28. The van der Waals surface area contributed by atoms with Crippen molar-refractivity contribution in [3.8, 4) is 0 Å². The summed E-state index contributed by atoms with van der Waals surface area (Å²) in [6, 6.07) is -0.398. The summed E-state index contributed by atoms with van der Waals surface area (Å²) in [4.78, 5) is 22.0. The number of rotatable bonds is 4. The van der Waals surface area contributed by atoms with Crippen LogP contribution < -0.4 is 10.6 Å². The molecule has 0 aliphatic heterocycles. The Morgan fingerprint density at radius 1 is 1.47 bits per heavy atom. The lowest BCUT2D eigenvalue weighted by Crippen LogP contribution is -2.45. The molecule has 0 aromatic carbocycles. The maximum absolute atomic E-state index is 11.6. The molecule has 2 atom stereocenters. The number of hydrogen-bond donors (Lipinski definition) is 3. The van der Waals surface area contributed by atoms with Crippen LogP contribution in [0.4, 0.5) is 4.79 Å². The van der Waals surface area contributed by atoms with Crippen molar-refractivity contribution in [1.82, 2.24) is 10.6 Å². The van der Waals surface area contributed by atoms with Crippen molar-refractivity contribution in [2.24, 2.45) is 5.41 Å². The van der Waals surface area contributed by atoms with Crippen molar-refractivity contribution in [3.05, 3.63) is 0 Å². The fraction of sp³-hybridized carbons (Fsp3) is 0.833. The van der Waals surface area contributed by atoms with Crippen molar-refractivity contribution in [1.29, 1.82) is 0 Å². The third-order valence-corrected chi connectivity index (χ3v) is 3.16. The van der Waals surface area contributed by atoms with Crippen molar-refractivity contribution in [2.45, 2.75) is 58.5 Å². The van der Waals surface area contributed by atoms with E-state index in [-0.39, 0.29) is 24.5 Å². The van der Waals surface area contributed by atoms with Crippen molar-refractivity contribution >= 4 is 12.0 Å². The Labute approximate surface area is 102 Å². The lowest BCUT2D eigenvalue weighted by molar-refractivity contribution is -0.137. The molecule has 5 heteroatoms. The molecule has 2 unspecified atom stereocenters. The molecule has 0 bridgehead atoms. The van der Waals surface area contributed by atoms with Gasteiger partial charge in [0.05, 0.1) is 6.42 Å². The third kappa shape index (κ3) is 5.06. The summed E-state index contributed by atoms with van der Waals surface area (Å²) in [7, 11) is 0. The van der Waals surface area contributed by atoms with Crippen LogP contribution in [0.1, 0.15) is 46.5 Å². The minimum atomic E-state index is -0.903. The maximum atomic E-state index is 11.6. The van der Waals surface area contributed by atoms with Gasteiger partial charge in [-0.3, -0.25) is 4.79 Å². The maximum Gasteiger partial charge on any atom is 0.315 e. The van der Waals surface area contributed by atoms with Crippen LogP contribution in [0.2, 0.25) is 0 Å². The summed E-state index contributed by atoms with van der Waals surface area (Å²) in [5, 5.41) is 14.1. The smallest absolute Gasteiger partial charge is 0.315 e. The van der Waals surface area contributed by atoms with Crippen molar-refractivity contribution < 1.29 is 14.7 Å². The lowest BCUT2D eigenvalue weighted by atomic mass is 9.92. The fourth-order valence-corrected chi connectivity index (χ4v) is 2.32. The van der Waals surface area contributed by atoms with E-state index in [1.165, 1.54) is 0 Å². The quantitative estimate of drug-likeness (QED) is 0.702. The van der Waals surface area contributed by atoms with Gasteiger partial charge in [-0.2, -0.15) is 0 Å². The second kappa shape index (κ2) is 5.38. The number of carbonyl (C=O) groups is 2. The van der Waals surface area contributed by atoms with Crippen LogP contribution in [-0.2, 0) is 4.79 Å². The number of nitrogens with one attached hydrogen (secondary N) is 2. The molecule has 0 aromatic rings. The molecule has 2 amide bonds. The molecule has 1 saturated carbocycles. The SMILES string of the molecule is CC(CC(=O)O)NC(=O)NC1CCC(C)(C)C1. The Hall–Kier alpha value is -1.26. The van der Waals surface area contributed by atoms with Gasteiger partial charge < -0.3 is 15.7 Å². The van der Waals surface area contributed by atoms with E-state index < -0.39 is 5.97 Å². The number of carboxylic acids is 1. The minimum Gasteiger partial charge on any atom is -0.481 e. The number of aliphatic carboxylic acids is 1. The number of urea groups is 1. The molecule has 17 heavy (non-hydrogen) atoms. The molecule has 1 aliphatic carbocycles. The molecule has 98 valence electrons. The molecular weight excluding hydrogens is 220 g/mol. The van der Waals surface area contributed by atoms with E-state index >= 15 is 0 Å². The van der Waals surface area contributed by atoms with Crippen LogP contribution in [-0.4, -0.2) is 29.2 Å². The Morgan fingerprint density at radius 3 is 2.59 bits per heavy atom. The highest BCUT2D eigenvalue weighted by Crippen LogP contribution is 2.36. The summed E-state index contributed by atoms with van der Waals surface area (Å²) < 4.78 is 0. The highest BCUT2D eigenvalue weighted by Gasteiger charge is 2.31. The standard InChI is InChI=1S/C12H22N2O3/c1-8(6-10(15)16)13-11(17)14-9-4-5-12(2,3)7-9/h8-9H,4-7H2,1-3H3,(H,15,16)(H2,13,14,17). The van der Waals surface area contributed by atoms with Crippen LogP contribution in [0.15, 0.2) is 0 Å². The molecule has 0 heterocycles. The first-order valence-corrected chi connectivity index (χ1v) is 6.07. The minimum absolute atomic E-state index is 0.0520. The van der Waals surface area contributed by atoms with E-state index in [0.29, 0.717) is 5.41 Å². The molecular formula is C12H22N2O3. The van der Waals surface area contributed by atoms with Gasteiger partial charge in [0.25, 0.3) is 0 Å². The Kier molecular flexibility index (Phi) is 4.37. The zero-order chi connectivity index (χ0) is 13.1. The number of carboxylic acid groups (broad SMARTS) is 1. The Morgan fingerprint density at radius 2 is 2.12 bits per heavy atom. The van der Waals surface area contributed by atoms with Gasteiger partial charge in [0.1, 0.15) is 0 Å². The van der Waals surface area contributed by atoms with Crippen LogP contribution in [0, 0.1) is 5.41 Å². The van der Waals surface area contributed by atoms with Gasteiger partial charge in [-0.1, -0.05) is 13.8 Å². The van der Waals surface area contributed by atoms with Gasteiger partial charge in [0.15, 0.2) is 0 Å². The van der Waals surface area contributed by atoms with Crippen LogP contribution >= 0.6 is 0 Å². The van der Waals surface area contributed by atoms with Gasteiger partial charge in [-0.05, 0) is 31.6 Å². The number of amides is 2. The summed E-state index contributed by atoms with van der Waals surface area (Å²) in [5.41, 5.74) is 0.296. The molecule has 3 N–H and O–H groups in total. The second-order valence-corrected chi connectivity index (χ2v) is 5.72. The molecule has 1 aliphatic rings. The highest BCUT2D eigenvalue weighted by molar-refractivity contribution is 5.75. The highest BCUT2D eigenvalue weighted by atomic mass is 16.4.